The van der Waals surface area contributed by atoms with Crippen molar-refractivity contribution >= 4 is 39.1 Å². The molecule has 3 N–H and O–H groups in total. The van der Waals surface area contributed by atoms with Crippen molar-refractivity contribution < 1.29 is 14.7 Å². The van der Waals surface area contributed by atoms with Crippen LogP contribution in [0.1, 0.15) is 23.7 Å². The molecule has 2 aromatic carbocycles. The fraction of sp³-hybridized carbons (Fsp3) is 0.118. The highest BCUT2D eigenvalue weighted by Crippen LogP contribution is 2.21. The van der Waals surface area contributed by atoms with E-state index in [4.69, 9.17) is 0 Å². The molecule has 0 aliphatic heterocycles. The van der Waals surface area contributed by atoms with E-state index in [1.165, 1.54) is 12.1 Å². The van der Waals surface area contributed by atoms with Gasteiger partial charge in [-0.3, -0.25) is 9.59 Å². The number of halogens is 1. The fourth-order valence-electron chi connectivity index (χ4n) is 1.90. The van der Waals surface area contributed by atoms with Crippen LogP contribution in [0.2, 0.25) is 0 Å². The van der Waals surface area contributed by atoms with Gasteiger partial charge in [0.25, 0.3) is 5.91 Å². The SMILES string of the molecule is C/C(CC(=O)Nc1ccccc1)=N\NC(=O)c1cc(Br)ccc1O. The Hall–Kier alpha value is -2.67. The van der Waals surface area contributed by atoms with E-state index in [1.54, 1.807) is 25.1 Å². The molecule has 6 nitrogen and oxygen atoms in total. The van der Waals surface area contributed by atoms with Crippen molar-refractivity contribution in [2.45, 2.75) is 13.3 Å². The van der Waals surface area contributed by atoms with E-state index in [2.05, 4.69) is 31.8 Å². The molecule has 24 heavy (non-hydrogen) atoms. The number of amides is 2. The van der Waals surface area contributed by atoms with Crippen LogP contribution in [0.3, 0.4) is 0 Å². The third kappa shape index (κ3) is 5.20. The average Bonchev–Trinajstić information content (AvgIpc) is 2.55. The molecule has 0 fully saturated rings. The number of anilines is 1. The van der Waals surface area contributed by atoms with Crippen molar-refractivity contribution in [3.05, 3.63) is 58.6 Å². The summed E-state index contributed by atoms with van der Waals surface area (Å²) in [5, 5.41) is 16.3. The van der Waals surface area contributed by atoms with Gasteiger partial charge in [-0.25, -0.2) is 5.43 Å². The van der Waals surface area contributed by atoms with Gasteiger partial charge in [0.2, 0.25) is 5.91 Å². The lowest BCUT2D eigenvalue weighted by Crippen LogP contribution is -2.21. The van der Waals surface area contributed by atoms with E-state index in [0.29, 0.717) is 15.9 Å². The van der Waals surface area contributed by atoms with E-state index in [1.807, 2.05) is 18.2 Å². The summed E-state index contributed by atoms with van der Waals surface area (Å²) < 4.78 is 0.661. The number of carbonyl (C=O) groups excluding carboxylic acids is 2. The molecule has 0 saturated carbocycles. The summed E-state index contributed by atoms with van der Waals surface area (Å²) in [6, 6.07) is 13.6. The van der Waals surface area contributed by atoms with Crippen molar-refractivity contribution in [2.75, 3.05) is 5.32 Å². The van der Waals surface area contributed by atoms with Gasteiger partial charge >= 0.3 is 0 Å². The summed E-state index contributed by atoms with van der Waals surface area (Å²) in [4.78, 5) is 23.9. The van der Waals surface area contributed by atoms with E-state index >= 15 is 0 Å². The van der Waals surface area contributed by atoms with Crippen LogP contribution in [-0.4, -0.2) is 22.6 Å². The molecule has 124 valence electrons. The van der Waals surface area contributed by atoms with Crippen LogP contribution in [-0.2, 0) is 4.79 Å². The fourth-order valence-corrected chi connectivity index (χ4v) is 2.26. The monoisotopic (exact) mass is 389 g/mol. The van der Waals surface area contributed by atoms with Crippen molar-refractivity contribution in [1.82, 2.24) is 5.43 Å². The zero-order valence-electron chi connectivity index (χ0n) is 12.9. The smallest absolute Gasteiger partial charge is 0.275 e. The van der Waals surface area contributed by atoms with Gasteiger partial charge in [-0.2, -0.15) is 5.10 Å². The molecule has 2 aromatic rings. The number of rotatable bonds is 5. The standard InChI is InChI=1S/C17H16BrN3O3/c1-11(9-16(23)19-13-5-3-2-4-6-13)20-21-17(24)14-10-12(18)7-8-15(14)22/h2-8,10,22H,9H2,1H3,(H,19,23)(H,21,24)/b20-11+. The van der Waals surface area contributed by atoms with E-state index in [9.17, 15) is 14.7 Å². The number of hydrazone groups is 1. The highest BCUT2D eigenvalue weighted by Gasteiger charge is 2.11. The molecule has 0 atom stereocenters. The highest BCUT2D eigenvalue weighted by atomic mass is 79.9. The van der Waals surface area contributed by atoms with E-state index in [-0.39, 0.29) is 23.6 Å². The summed E-state index contributed by atoms with van der Waals surface area (Å²) in [6.07, 6.45) is 0.0413. The van der Waals surface area contributed by atoms with Crippen LogP contribution in [0.4, 0.5) is 5.69 Å². The zero-order valence-corrected chi connectivity index (χ0v) is 14.5. The van der Waals surface area contributed by atoms with Crippen LogP contribution in [0, 0.1) is 0 Å². The summed E-state index contributed by atoms with van der Waals surface area (Å²) in [7, 11) is 0. The Labute approximate surface area is 147 Å². The number of para-hydroxylation sites is 1. The van der Waals surface area contributed by atoms with Gasteiger partial charge in [0.05, 0.1) is 12.0 Å². The Morgan fingerprint density at radius 3 is 2.58 bits per heavy atom. The molecule has 0 aliphatic carbocycles. The van der Waals surface area contributed by atoms with E-state index < -0.39 is 5.91 Å². The van der Waals surface area contributed by atoms with Crippen LogP contribution >= 0.6 is 15.9 Å². The molecule has 0 aliphatic rings. The number of phenols is 1. The number of aromatic hydroxyl groups is 1. The molecule has 7 heteroatoms. The topological polar surface area (TPSA) is 90.8 Å². The van der Waals surface area contributed by atoms with Crippen LogP contribution in [0.25, 0.3) is 0 Å². The predicted molar refractivity (Wildman–Crippen MR) is 96.1 cm³/mol. The van der Waals surface area contributed by atoms with Gasteiger partial charge < -0.3 is 10.4 Å². The van der Waals surface area contributed by atoms with Crippen LogP contribution < -0.4 is 10.7 Å². The quantitative estimate of drug-likeness (QED) is 0.541. The number of carbonyl (C=O) groups is 2. The van der Waals surface area contributed by atoms with Crippen molar-refractivity contribution in [3.8, 4) is 5.75 Å². The second-order valence-corrected chi connectivity index (χ2v) is 5.96. The lowest BCUT2D eigenvalue weighted by Gasteiger charge is -2.06. The minimum absolute atomic E-state index is 0.0413. The summed E-state index contributed by atoms with van der Waals surface area (Å²) in [5.41, 5.74) is 3.55. The normalized spacial score (nSPS) is 11.0. The minimum atomic E-state index is -0.559. The van der Waals surface area contributed by atoms with Gasteiger partial charge in [0, 0.05) is 15.9 Å². The molecule has 0 heterocycles. The molecular weight excluding hydrogens is 374 g/mol. The van der Waals surface area contributed by atoms with Crippen LogP contribution in [0.5, 0.6) is 5.75 Å². The van der Waals surface area contributed by atoms with Crippen LogP contribution in [0.15, 0.2) is 58.1 Å². The second-order valence-electron chi connectivity index (χ2n) is 5.04. The predicted octanol–water partition coefficient (Wildman–Crippen LogP) is 3.29. The maximum absolute atomic E-state index is 12.0. The Balaban J connectivity index is 1.92. The summed E-state index contributed by atoms with van der Waals surface area (Å²) in [6.45, 7) is 1.63. The maximum Gasteiger partial charge on any atom is 0.275 e. The van der Waals surface area contributed by atoms with Gasteiger partial charge in [-0.15, -0.1) is 0 Å². The molecule has 0 spiro atoms. The minimum Gasteiger partial charge on any atom is -0.507 e. The molecule has 2 amide bonds. The third-order valence-corrected chi connectivity index (χ3v) is 3.52. The number of nitrogens with zero attached hydrogens (tertiary/aromatic N) is 1. The Morgan fingerprint density at radius 2 is 1.88 bits per heavy atom. The first-order valence-corrected chi connectivity index (χ1v) is 7.92. The first kappa shape index (κ1) is 17.7. The van der Waals surface area contributed by atoms with Gasteiger partial charge in [0.15, 0.2) is 0 Å². The largest absolute Gasteiger partial charge is 0.507 e. The second kappa shape index (κ2) is 8.26. The average molecular weight is 390 g/mol. The Kier molecular flexibility index (Phi) is 6.08. The molecule has 0 aromatic heterocycles. The first-order chi connectivity index (χ1) is 11.5. The zero-order chi connectivity index (χ0) is 17.5. The number of nitrogens with one attached hydrogen (secondary N) is 2. The number of hydrogen-bond acceptors (Lipinski definition) is 4. The third-order valence-electron chi connectivity index (χ3n) is 3.03. The van der Waals surface area contributed by atoms with Crippen molar-refractivity contribution in [2.24, 2.45) is 5.10 Å². The summed E-state index contributed by atoms with van der Waals surface area (Å²) >= 11 is 3.23. The molecule has 0 saturated heterocycles. The Morgan fingerprint density at radius 1 is 1.17 bits per heavy atom. The summed E-state index contributed by atoms with van der Waals surface area (Å²) in [5.74, 6) is -0.941. The number of hydrogen-bond donors (Lipinski definition) is 3. The lowest BCUT2D eigenvalue weighted by atomic mass is 10.2. The molecule has 0 unspecified atom stereocenters. The van der Waals surface area contributed by atoms with Gasteiger partial charge in [-0.05, 0) is 37.3 Å². The highest BCUT2D eigenvalue weighted by molar-refractivity contribution is 9.10. The maximum atomic E-state index is 12.0. The van der Waals surface area contributed by atoms with Crippen molar-refractivity contribution in [1.29, 1.82) is 0 Å². The lowest BCUT2D eigenvalue weighted by molar-refractivity contribution is -0.115. The molecular formula is C17H16BrN3O3. The number of benzene rings is 2. The Bertz CT molecular complexity index is 776. The van der Waals surface area contributed by atoms with Crippen molar-refractivity contribution in [3.63, 3.8) is 0 Å². The molecule has 0 radical (unpaired) electrons. The first-order valence-electron chi connectivity index (χ1n) is 7.12. The molecule has 2 rings (SSSR count). The van der Waals surface area contributed by atoms with Gasteiger partial charge in [0.1, 0.15) is 5.75 Å². The number of phenolic OH excluding ortho intramolecular Hbond substituents is 1. The van der Waals surface area contributed by atoms with E-state index in [0.717, 1.165) is 0 Å². The van der Waals surface area contributed by atoms with Gasteiger partial charge in [-0.1, -0.05) is 34.1 Å². The molecule has 0 bridgehead atoms.